The van der Waals surface area contributed by atoms with E-state index in [1.165, 1.54) is 12.1 Å². The van der Waals surface area contributed by atoms with E-state index in [0.29, 0.717) is 51.2 Å². The summed E-state index contributed by atoms with van der Waals surface area (Å²) in [6.07, 6.45) is 4.21. The van der Waals surface area contributed by atoms with Gasteiger partial charge in [0.1, 0.15) is 0 Å². The van der Waals surface area contributed by atoms with Crippen molar-refractivity contribution in [3.63, 3.8) is 0 Å². The number of carbonyl (C=O) groups excluding carboxylic acids is 1. The number of nitrogens with zero attached hydrogens (tertiary/aromatic N) is 4. The SMILES string of the molecule is CC[C@H](C)[C@@H](CN(Cc1cccc(Cl)c1Cl)C(=S)Nc1ccccc1Cl)NC(=O)Cc1cncn1Cc1ccc([N+](=O)[O-])cc1. The van der Waals surface area contributed by atoms with Gasteiger partial charge in [-0.25, -0.2) is 4.98 Å². The van der Waals surface area contributed by atoms with Crippen LogP contribution in [0.15, 0.2) is 79.3 Å². The van der Waals surface area contributed by atoms with Crippen LogP contribution < -0.4 is 10.6 Å². The van der Waals surface area contributed by atoms with E-state index in [2.05, 4.69) is 29.5 Å². The summed E-state index contributed by atoms with van der Waals surface area (Å²) in [7, 11) is 0. The van der Waals surface area contributed by atoms with Gasteiger partial charge in [0.25, 0.3) is 5.69 Å². The molecule has 9 nitrogen and oxygen atoms in total. The van der Waals surface area contributed by atoms with Crippen LogP contribution in [0, 0.1) is 16.0 Å². The second-order valence-electron chi connectivity index (χ2n) is 10.7. The summed E-state index contributed by atoms with van der Waals surface area (Å²) in [6, 6.07) is 18.8. The largest absolute Gasteiger partial charge is 0.351 e. The number of para-hydroxylation sites is 1. The molecule has 0 fully saturated rings. The molecule has 13 heteroatoms. The Kier molecular flexibility index (Phi) is 12.2. The van der Waals surface area contributed by atoms with E-state index in [1.807, 2.05) is 39.8 Å². The maximum absolute atomic E-state index is 13.5. The third kappa shape index (κ3) is 9.40. The maximum Gasteiger partial charge on any atom is 0.269 e. The quantitative estimate of drug-likeness (QED) is 0.0841. The van der Waals surface area contributed by atoms with Gasteiger partial charge >= 0.3 is 0 Å². The molecular formula is C32H33Cl3N6O3S. The third-order valence-electron chi connectivity index (χ3n) is 7.53. The molecule has 4 aromatic rings. The van der Waals surface area contributed by atoms with E-state index < -0.39 is 4.92 Å². The molecule has 0 aliphatic rings. The Labute approximate surface area is 282 Å². The van der Waals surface area contributed by atoms with Crippen molar-refractivity contribution in [2.24, 2.45) is 5.92 Å². The number of benzene rings is 3. The van der Waals surface area contributed by atoms with Crippen LogP contribution in [0.5, 0.6) is 0 Å². The molecule has 1 heterocycles. The average Bonchev–Trinajstić information content (AvgIpc) is 3.45. The third-order valence-corrected chi connectivity index (χ3v) is 9.08. The fraction of sp³-hybridized carbons (Fsp3) is 0.281. The molecule has 4 rings (SSSR count). The second-order valence-corrected chi connectivity index (χ2v) is 12.3. The van der Waals surface area contributed by atoms with Crippen molar-refractivity contribution < 1.29 is 9.72 Å². The molecule has 236 valence electrons. The minimum Gasteiger partial charge on any atom is -0.351 e. The lowest BCUT2D eigenvalue weighted by atomic mass is 9.98. The molecule has 2 N–H and O–H groups in total. The number of non-ortho nitro benzene ring substituents is 1. The van der Waals surface area contributed by atoms with Gasteiger partial charge in [-0.15, -0.1) is 0 Å². The normalized spacial score (nSPS) is 12.3. The summed E-state index contributed by atoms with van der Waals surface area (Å²) in [5.74, 6) is -0.0594. The zero-order valence-corrected chi connectivity index (χ0v) is 27.8. The molecule has 0 unspecified atom stereocenters. The number of hydrogen-bond acceptors (Lipinski definition) is 5. The molecular weight excluding hydrogens is 655 g/mol. The van der Waals surface area contributed by atoms with E-state index in [0.717, 1.165) is 17.5 Å². The Morgan fingerprint density at radius 2 is 1.78 bits per heavy atom. The first-order valence-corrected chi connectivity index (χ1v) is 15.8. The zero-order valence-electron chi connectivity index (χ0n) is 24.8. The van der Waals surface area contributed by atoms with Crippen LogP contribution in [0.1, 0.15) is 37.1 Å². The molecule has 0 saturated carbocycles. The van der Waals surface area contributed by atoms with Crippen molar-refractivity contribution in [1.29, 1.82) is 0 Å². The van der Waals surface area contributed by atoms with E-state index >= 15 is 0 Å². The van der Waals surface area contributed by atoms with Gasteiger partial charge < -0.3 is 20.1 Å². The lowest BCUT2D eigenvalue weighted by molar-refractivity contribution is -0.384. The lowest BCUT2D eigenvalue weighted by Gasteiger charge is -2.33. The molecule has 0 aliphatic heterocycles. The highest BCUT2D eigenvalue weighted by Gasteiger charge is 2.25. The summed E-state index contributed by atoms with van der Waals surface area (Å²) in [4.78, 5) is 30.2. The highest BCUT2D eigenvalue weighted by atomic mass is 35.5. The van der Waals surface area contributed by atoms with Gasteiger partial charge in [-0.05, 0) is 47.5 Å². The first kappa shape index (κ1) is 34.2. The van der Waals surface area contributed by atoms with Crippen LogP contribution >= 0.6 is 47.0 Å². The van der Waals surface area contributed by atoms with Crippen LogP contribution in [0.2, 0.25) is 15.1 Å². The van der Waals surface area contributed by atoms with Gasteiger partial charge in [0.15, 0.2) is 5.11 Å². The summed E-state index contributed by atoms with van der Waals surface area (Å²) in [6.45, 7) is 5.31. The maximum atomic E-state index is 13.5. The highest BCUT2D eigenvalue weighted by Crippen LogP contribution is 2.28. The van der Waals surface area contributed by atoms with Crippen molar-refractivity contribution >= 4 is 69.4 Å². The number of hydrogen-bond donors (Lipinski definition) is 2. The van der Waals surface area contributed by atoms with Crippen LogP contribution in [0.4, 0.5) is 11.4 Å². The van der Waals surface area contributed by atoms with E-state index in [-0.39, 0.29) is 30.0 Å². The molecule has 1 amide bonds. The zero-order chi connectivity index (χ0) is 32.5. The minimum atomic E-state index is -0.436. The summed E-state index contributed by atoms with van der Waals surface area (Å²) >= 11 is 25.1. The van der Waals surface area contributed by atoms with Gasteiger partial charge in [-0.2, -0.15) is 0 Å². The predicted octanol–water partition coefficient (Wildman–Crippen LogP) is 7.77. The first-order chi connectivity index (χ1) is 21.5. The number of nitro groups is 1. The lowest BCUT2D eigenvalue weighted by Crippen LogP contribution is -2.50. The Morgan fingerprint density at radius 3 is 2.47 bits per heavy atom. The molecule has 3 aromatic carbocycles. The summed E-state index contributed by atoms with van der Waals surface area (Å²) < 4.78 is 1.86. The van der Waals surface area contributed by atoms with E-state index in [1.54, 1.807) is 36.8 Å². The highest BCUT2D eigenvalue weighted by molar-refractivity contribution is 7.80. The van der Waals surface area contributed by atoms with Crippen molar-refractivity contribution in [2.75, 3.05) is 11.9 Å². The smallest absolute Gasteiger partial charge is 0.269 e. The van der Waals surface area contributed by atoms with Crippen LogP contribution in [0.25, 0.3) is 0 Å². The number of carbonyl (C=O) groups is 1. The fourth-order valence-electron chi connectivity index (χ4n) is 4.72. The van der Waals surface area contributed by atoms with Crippen molar-refractivity contribution in [1.82, 2.24) is 19.8 Å². The van der Waals surface area contributed by atoms with Crippen LogP contribution in [0.3, 0.4) is 0 Å². The van der Waals surface area contributed by atoms with Crippen molar-refractivity contribution in [3.8, 4) is 0 Å². The van der Waals surface area contributed by atoms with Gasteiger partial charge in [0, 0.05) is 49.7 Å². The van der Waals surface area contributed by atoms with Gasteiger partial charge in [0.05, 0.1) is 38.4 Å². The van der Waals surface area contributed by atoms with Gasteiger partial charge in [-0.1, -0.05) is 91.5 Å². The van der Waals surface area contributed by atoms with Crippen molar-refractivity contribution in [3.05, 3.63) is 121 Å². The van der Waals surface area contributed by atoms with Crippen LogP contribution in [-0.2, 0) is 24.3 Å². The monoisotopic (exact) mass is 686 g/mol. The van der Waals surface area contributed by atoms with Crippen LogP contribution in [-0.4, -0.2) is 43.0 Å². The van der Waals surface area contributed by atoms with Gasteiger partial charge in [-0.3, -0.25) is 14.9 Å². The number of nitrogens with one attached hydrogen (secondary N) is 2. The number of anilines is 1. The Balaban J connectivity index is 1.51. The fourth-order valence-corrected chi connectivity index (χ4v) is 5.53. The minimum absolute atomic E-state index is 0.0216. The van der Waals surface area contributed by atoms with Crippen molar-refractivity contribution in [2.45, 2.75) is 45.8 Å². The molecule has 0 bridgehead atoms. The number of nitro benzene ring substituents is 1. The number of thiocarbonyl (C=S) groups is 1. The molecule has 0 aliphatic carbocycles. The first-order valence-electron chi connectivity index (χ1n) is 14.3. The van der Waals surface area contributed by atoms with Gasteiger partial charge in [0.2, 0.25) is 5.91 Å². The number of aromatic nitrogens is 2. The Morgan fingerprint density at radius 1 is 1.07 bits per heavy atom. The molecule has 0 saturated heterocycles. The van der Waals surface area contributed by atoms with E-state index in [4.69, 9.17) is 47.0 Å². The Bertz CT molecular complexity index is 1650. The predicted molar refractivity (Wildman–Crippen MR) is 184 cm³/mol. The molecule has 1 aromatic heterocycles. The van der Waals surface area contributed by atoms with E-state index in [9.17, 15) is 14.9 Å². The molecule has 0 radical (unpaired) electrons. The number of rotatable bonds is 13. The summed E-state index contributed by atoms with van der Waals surface area (Å²) in [5.41, 5.74) is 3.04. The standard InChI is InChI=1S/C32H33Cl3N6O3S/c1-3-21(2)29(37-30(42)15-25-16-36-20-40(25)17-22-11-13-24(14-12-22)41(43)44)19-39(18-23-7-6-9-27(34)31(23)35)32(45)38-28-10-5-4-8-26(28)33/h4-14,16,20-21,29H,3,15,17-19H2,1-2H3,(H,37,42)(H,38,45)/t21-,29+/m0/s1. The summed E-state index contributed by atoms with van der Waals surface area (Å²) in [5, 5.41) is 19.3. The molecule has 45 heavy (non-hydrogen) atoms. The second kappa shape index (κ2) is 16.0. The number of halogens is 3. The number of imidazole rings is 1. The molecule has 0 spiro atoms. The Hall–Kier alpha value is -3.70. The average molecular weight is 688 g/mol. The topological polar surface area (TPSA) is 105 Å². The molecule has 2 atom stereocenters. The number of amides is 1.